The zero-order valence-electron chi connectivity index (χ0n) is 13.2. The summed E-state index contributed by atoms with van der Waals surface area (Å²) in [6.45, 7) is 9.03. The van der Waals surface area contributed by atoms with Gasteiger partial charge in [0.05, 0.1) is 6.42 Å². The minimum Gasteiger partial charge on any atom is -0.481 e. The molecule has 0 aromatic rings. The molecule has 0 unspecified atom stereocenters. The number of rotatable bonds is 7. The molecule has 2 amide bonds. The summed E-state index contributed by atoms with van der Waals surface area (Å²) in [7, 11) is 0. The lowest BCUT2D eigenvalue weighted by atomic mass is 10.1. The van der Waals surface area contributed by atoms with Crippen LogP contribution in [0.3, 0.4) is 0 Å². The van der Waals surface area contributed by atoms with Crippen LogP contribution in [0, 0.1) is 0 Å². The van der Waals surface area contributed by atoms with Gasteiger partial charge in [0.1, 0.15) is 0 Å². The van der Waals surface area contributed by atoms with E-state index in [0.29, 0.717) is 6.04 Å². The Morgan fingerprint density at radius 3 is 2.20 bits per heavy atom. The number of nitrogens with zero attached hydrogens (tertiary/aromatic N) is 2. The van der Waals surface area contributed by atoms with Gasteiger partial charge in [-0.1, -0.05) is 13.3 Å². The van der Waals surface area contributed by atoms with E-state index < -0.39 is 5.97 Å². The molecule has 20 heavy (non-hydrogen) atoms. The Labute approximate surface area is 121 Å². The standard InChI is InChI=1S/C15H28N2O3/c1-5-6-10-16(12-7-8-12)14(20)17(15(2,3)4)11-9-13(18)19/h12H,5-11H2,1-4H3,(H,18,19). The summed E-state index contributed by atoms with van der Waals surface area (Å²) in [6.07, 6.45) is 4.20. The Hall–Kier alpha value is -1.26. The van der Waals surface area contributed by atoms with Crippen LogP contribution in [0.2, 0.25) is 0 Å². The van der Waals surface area contributed by atoms with Crippen LogP contribution >= 0.6 is 0 Å². The van der Waals surface area contributed by atoms with Crippen molar-refractivity contribution in [3.63, 3.8) is 0 Å². The number of carboxylic acids is 1. The Bertz CT molecular complexity index is 346. The van der Waals surface area contributed by atoms with Crippen LogP contribution in [0.25, 0.3) is 0 Å². The second-order valence-electron chi connectivity index (χ2n) is 6.53. The maximum absolute atomic E-state index is 12.7. The van der Waals surface area contributed by atoms with Gasteiger partial charge in [-0.2, -0.15) is 0 Å². The molecule has 0 aromatic carbocycles. The molecule has 1 rings (SSSR count). The summed E-state index contributed by atoms with van der Waals surface area (Å²) < 4.78 is 0. The average Bonchev–Trinajstić information content (AvgIpc) is 3.11. The van der Waals surface area contributed by atoms with E-state index in [1.165, 1.54) is 0 Å². The smallest absolute Gasteiger partial charge is 0.320 e. The summed E-state index contributed by atoms with van der Waals surface area (Å²) in [6, 6.07) is 0.360. The molecular weight excluding hydrogens is 256 g/mol. The first kappa shape index (κ1) is 16.8. The highest BCUT2D eigenvalue weighted by molar-refractivity contribution is 5.77. The van der Waals surface area contributed by atoms with Crippen molar-refractivity contribution < 1.29 is 14.7 Å². The van der Waals surface area contributed by atoms with Crippen molar-refractivity contribution in [2.75, 3.05) is 13.1 Å². The summed E-state index contributed by atoms with van der Waals surface area (Å²) in [4.78, 5) is 27.2. The lowest BCUT2D eigenvalue weighted by Gasteiger charge is -2.39. The molecule has 0 bridgehead atoms. The first-order valence-electron chi connectivity index (χ1n) is 7.57. The van der Waals surface area contributed by atoms with Crippen molar-refractivity contribution in [2.45, 2.75) is 71.4 Å². The largest absolute Gasteiger partial charge is 0.481 e. The minimum absolute atomic E-state index is 0.00467. The van der Waals surface area contributed by atoms with E-state index in [0.717, 1.165) is 32.2 Å². The number of urea groups is 1. The molecule has 1 fully saturated rings. The van der Waals surface area contributed by atoms with E-state index in [9.17, 15) is 9.59 Å². The van der Waals surface area contributed by atoms with Crippen LogP contribution in [-0.4, -0.2) is 51.6 Å². The van der Waals surface area contributed by atoms with Crippen LogP contribution in [0.5, 0.6) is 0 Å². The average molecular weight is 284 g/mol. The third-order valence-corrected chi connectivity index (χ3v) is 3.58. The molecule has 1 aliphatic carbocycles. The van der Waals surface area contributed by atoms with Crippen molar-refractivity contribution >= 4 is 12.0 Å². The lowest BCUT2D eigenvalue weighted by Crippen LogP contribution is -2.53. The predicted octanol–water partition coefficient (Wildman–Crippen LogP) is 2.95. The Morgan fingerprint density at radius 2 is 1.80 bits per heavy atom. The first-order chi connectivity index (χ1) is 9.27. The van der Waals surface area contributed by atoms with Gasteiger partial charge in [-0.15, -0.1) is 0 Å². The molecule has 5 nitrogen and oxygen atoms in total. The van der Waals surface area contributed by atoms with E-state index in [2.05, 4.69) is 6.92 Å². The molecular formula is C15H28N2O3. The van der Waals surface area contributed by atoms with E-state index in [4.69, 9.17) is 5.11 Å². The first-order valence-corrected chi connectivity index (χ1v) is 7.57. The summed E-state index contributed by atoms with van der Waals surface area (Å²) >= 11 is 0. The van der Waals surface area contributed by atoms with Gasteiger partial charge >= 0.3 is 12.0 Å². The lowest BCUT2D eigenvalue weighted by molar-refractivity contribution is -0.137. The van der Waals surface area contributed by atoms with Gasteiger partial charge in [0.2, 0.25) is 0 Å². The Kier molecular flexibility index (Phi) is 5.84. The second-order valence-corrected chi connectivity index (χ2v) is 6.53. The van der Waals surface area contributed by atoms with Crippen molar-refractivity contribution in [1.82, 2.24) is 9.80 Å². The molecule has 116 valence electrons. The van der Waals surface area contributed by atoms with Crippen LogP contribution in [0.1, 0.15) is 59.8 Å². The third-order valence-electron chi connectivity index (χ3n) is 3.58. The van der Waals surface area contributed by atoms with Crippen molar-refractivity contribution in [3.05, 3.63) is 0 Å². The maximum Gasteiger partial charge on any atom is 0.320 e. The summed E-state index contributed by atoms with van der Waals surface area (Å²) in [5.74, 6) is -0.862. The number of unbranched alkanes of at least 4 members (excludes halogenated alkanes) is 1. The van der Waals surface area contributed by atoms with E-state index in [1.54, 1.807) is 4.90 Å². The molecule has 5 heteroatoms. The number of hydrogen-bond acceptors (Lipinski definition) is 2. The molecule has 1 aliphatic rings. The van der Waals surface area contributed by atoms with Gasteiger partial charge in [-0.05, 0) is 40.0 Å². The van der Waals surface area contributed by atoms with E-state index >= 15 is 0 Å². The monoisotopic (exact) mass is 284 g/mol. The number of hydrogen-bond donors (Lipinski definition) is 1. The number of carbonyl (C=O) groups is 2. The number of carboxylic acid groups (broad SMARTS) is 1. The molecule has 0 heterocycles. The second kappa shape index (κ2) is 6.95. The fraction of sp³-hybridized carbons (Fsp3) is 0.867. The highest BCUT2D eigenvalue weighted by atomic mass is 16.4. The van der Waals surface area contributed by atoms with Gasteiger partial charge in [0, 0.05) is 24.7 Å². The zero-order chi connectivity index (χ0) is 15.3. The van der Waals surface area contributed by atoms with Gasteiger partial charge < -0.3 is 14.9 Å². The minimum atomic E-state index is -0.862. The zero-order valence-corrected chi connectivity index (χ0v) is 13.2. The third kappa shape index (κ3) is 5.02. The molecule has 0 saturated heterocycles. The fourth-order valence-electron chi connectivity index (χ4n) is 2.23. The quantitative estimate of drug-likeness (QED) is 0.782. The van der Waals surface area contributed by atoms with Gasteiger partial charge in [-0.3, -0.25) is 4.79 Å². The number of amides is 2. The fourth-order valence-corrected chi connectivity index (χ4v) is 2.23. The highest BCUT2D eigenvalue weighted by Crippen LogP contribution is 2.29. The maximum atomic E-state index is 12.7. The molecule has 0 atom stereocenters. The van der Waals surface area contributed by atoms with Crippen molar-refractivity contribution in [2.24, 2.45) is 0 Å². The summed E-state index contributed by atoms with van der Waals surface area (Å²) in [5, 5.41) is 8.86. The summed E-state index contributed by atoms with van der Waals surface area (Å²) in [5.41, 5.74) is -0.355. The highest BCUT2D eigenvalue weighted by Gasteiger charge is 2.37. The number of carbonyl (C=O) groups excluding carboxylic acids is 1. The van der Waals surface area contributed by atoms with Crippen LogP contribution in [0.15, 0.2) is 0 Å². The van der Waals surface area contributed by atoms with E-state index in [-0.39, 0.29) is 24.5 Å². The van der Waals surface area contributed by atoms with Crippen molar-refractivity contribution in [3.8, 4) is 0 Å². The molecule has 0 aromatic heterocycles. The topological polar surface area (TPSA) is 60.9 Å². The van der Waals surface area contributed by atoms with Crippen LogP contribution in [0.4, 0.5) is 4.79 Å². The molecule has 1 saturated carbocycles. The molecule has 0 spiro atoms. The predicted molar refractivity (Wildman–Crippen MR) is 78.7 cm³/mol. The SMILES string of the molecule is CCCCN(C(=O)N(CCC(=O)O)C(C)(C)C)C1CC1. The van der Waals surface area contributed by atoms with Gasteiger partial charge in [-0.25, -0.2) is 4.79 Å². The van der Waals surface area contributed by atoms with E-state index in [1.807, 2.05) is 25.7 Å². The Balaban J connectivity index is 2.75. The molecule has 1 N–H and O–H groups in total. The molecule has 0 aliphatic heterocycles. The van der Waals surface area contributed by atoms with Crippen molar-refractivity contribution in [1.29, 1.82) is 0 Å². The molecule has 0 radical (unpaired) electrons. The van der Waals surface area contributed by atoms with Crippen LogP contribution in [-0.2, 0) is 4.79 Å². The van der Waals surface area contributed by atoms with Gasteiger partial charge in [0.25, 0.3) is 0 Å². The normalized spacial score (nSPS) is 15.0. The van der Waals surface area contributed by atoms with Crippen LogP contribution < -0.4 is 0 Å². The van der Waals surface area contributed by atoms with Gasteiger partial charge in [0.15, 0.2) is 0 Å². The number of aliphatic carboxylic acids is 1. The Morgan fingerprint density at radius 1 is 1.20 bits per heavy atom.